The number of amides is 1. The van der Waals surface area contributed by atoms with Crippen LogP contribution in [0.1, 0.15) is 11.5 Å². The standard InChI is InChI=1S/C20H13N3O3/c24-18-20(25,15-7-3-4-8-16(15)21-18)19-23-22-17(26-19)14-10-9-12-5-1-2-6-13(12)11-14/h1-11,25H,(H,21,24). The predicted molar refractivity (Wildman–Crippen MR) is 95.3 cm³/mol. The van der Waals surface area contributed by atoms with Gasteiger partial charge in [-0.05, 0) is 29.0 Å². The van der Waals surface area contributed by atoms with Gasteiger partial charge < -0.3 is 14.8 Å². The van der Waals surface area contributed by atoms with E-state index in [9.17, 15) is 9.90 Å². The molecule has 1 amide bonds. The van der Waals surface area contributed by atoms with Crippen molar-refractivity contribution < 1.29 is 14.3 Å². The molecule has 1 atom stereocenters. The Hall–Kier alpha value is -3.51. The van der Waals surface area contributed by atoms with Gasteiger partial charge in [0.1, 0.15) is 0 Å². The Morgan fingerprint density at radius 3 is 2.58 bits per heavy atom. The normalized spacial score (nSPS) is 18.7. The highest BCUT2D eigenvalue weighted by molar-refractivity contribution is 6.06. The van der Waals surface area contributed by atoms with Crippen molar-refractivity contribution in [3.63, 3.8) is 0 Å². The summed E-state index contributed by atoms with van der Waals surface area (Å²) in [5.74, 6) is -0.508. The number of hydrogen-bond acceptors (Lipinski definition) is 5. The zero-order valence-electron chi connectivity index (χ0n) is 13.5. The molecule has 0 aliphatic carbocycles. The van der Waals surface area contributed by atoms with Crippen LogP contribution in [0.25, 0.3) is 22.2 Å². The fourth-order valence-electron chi connectivity index (χ4n) is 3.26. The number of benzene rings is 3. The zero-order valence-corrected chi connectivity index (χ0v) is 13.5. The summed E-state index contributed by atoms with van der Waals surface area (Å²) in [7, 11) is 0. The molecule has 26 heavy (non-hydrogen) atoms. The predicted octanol–water partition coefficient (Wildman–Crippen LogP) is 3.08. The highest BCUT2D eigenvalue weighted by Gasteiger charge is 2.51. The molecule has 0 fully saturated rings. The van der Waals surface area contributed by atoms with Crippen molar-refractivity contribution >= 4 is 22.4 Å². The minimum Gasteiger partial charge on any atom is -0.417 e. The van der Waals surface area contributed by atoms with Crippen molar-refractivity contribution in [1.29, 1.82) is 0 Å². The molecule has 0 bridgehead atoms. The second kappa shape index (κ2) is 5.24. The first kappa shape index (κ1) is 14.8. The van der Waals surface area contributed by atoms with Crippen molar-refractivity contribution in [2.24, 2.45) is 0 Å². The lowest BCUT2D eigenvalue weighted by Crippen LogP contribution is -2.35. The Labute approximate surface area is 148 Å². The molecule has 6 heteroatoms. The van der Waals surface area contributed by atoms with Gasteiger partial charge in [-0.3, -0.25) is 4.79 Å². The zero-order chi connectivity index (χ0) is 17.7. The van der Waals surface area contributed by atoms with E-state index in [1.807, 2.05) is 42.5 Å². The van der Waals surface area contributed by atoms with Crippen molar-refractivity contribution in [2.75, 3.05) is 5.32 Å². The summed E-state index contributed by atoms with van der Waals surface area (Å²) in [6, 6.07) is 20.6. The molecule has 4 aromatic rings. The van der Waals surface area contributed by atoms with Gasteiger partial charge in [-0.15, -0.1) is 10.2 Å². The molecule has 3 aromatic carbocycles. The lowest BCUT2D eigenvalue weighted by molar-refractivity contribution is -0.131. The summed E-state index contributed by atoms with van der Waals surface area (Å²) >= 11 is 0. The number of para-hydroxylation sites is 1. The molecule has 1 aliphatic rings. The minimum atomic E-state index is -1.99. The summed E-state index contributed by atoms with van der Waals surface area (Å²) in [6.45, 7) is 0. The van der Waals surface area contributed by atoms with E-state index in [2.05, 4.69) is 15.5 Å². The summed E-state index contributed by atoms with van der Waals surface area (Å²) < 4.78 is 5.70. The Balaban J connectivity index is 1.61. The maximum atomic E-state index is 12.4. The summed E-state index contributed by atoms with van der Waals surface area (Å²) in [4.78, 5) is 12.4. The summed E-state index contributed by atoms with van der Waals surface area (Å²) in [5, 5.41) is 23.8. The molecule has 126 valence electrons. The van der Waals surface area contributed by atoms with Crippen molar-refractivity contribution in [2.45, 2.75) is 5.60 Å². The third-order valence-electron chi connectivity index (χ3n) is 4.62. The van der Waals surface area contributed by atoms with Gasteiger partial charge in [-0.25, -0.2) is 0 Å². The number of aliphatic hydroxyl groups is 1. The number of rotatable bonds is 2. The van der Waals surface area contributed by atoms with E-state index in [-0.39, 0.29) is 11.8 Å². The smallest absolute Gasteiger partial charge is 0.271 e. The van der Waals surface area contributed by atoms with Crippen LogP contribution in [0.4, 0.5) is 5.69 Å². The lowest BCUT2D eigenvalue weighted by Gasteiger charge is -2.15. The molecule has 1 unspecified atom stereocenters. The first-order valence-electron chi connectivity index (χ1n) is 8.13. The second-order valence-electron chi connectivity index (χ2n) is 6.18. The second-order valence-corrected chi connectivity index (χ2v) is 6.18. The van der Waals surface area contributed by atoms with Gasteiger partial charge in [0.15, 0.2) is 0 Å². The first-order valence-corrected chi connectivity index (χ1v) is 8.13. The van der Waals surface area contributed by atoms with Gasteiger partial charge in [0.25, 0.3) is 11.8 Å². The van der Waals surface area contributed by atoms with E-state index in [0.717, 1.165) is 16.3 Å². The molecule has 0 saturated heterocycles. The van der Waals surface area contributed by atoms with Gasteiger partial charge in [0.2, 0.25) is 11.5 Å². The third-order valence-corrected chi connectivity index (χ3v) is 4.62. The molecule has 1 aliphatic heterocycles. The van der Waals surface area contributed by atoms with E-state index in [1.54, 1.807) is 24.3 Å². The quantitative estimate of drug-likeness (QED) is 0.584. The third kappa shape index (κ3) is 1.99. The number of fused-ring (bicyclic) bond motifs is 2. The van der Waals surface area contributed by atoms with Crippen LogP contribution in [0.15, 0.2) is 71.1 Å². The SMILES string of the molecule is O=C1Nc2ccccc2C1(O)c1nnc(-c2ccc3ccccc3c2)o1. The molecule has 5 rings (SSSR count). The molecule has 0 saturated carbocycles. The van der Waals surface area contributed by atoms with Gasteiger partial charge in [-0.2, -0.15) is 0 Å². The number of nitrogens with one attached hydrogen (secondary N) is 1. The topological polar surface area (TPSA) is 88.2 Å². The van der Waals surface area contributed by atoms with E-state index in [4.69, 9.17) is 4.42 Å². The number of carbonyl (C=O) groups excluding carboxylic acids is 1. The number of aromatic nitrogens is 2. The van der Waals surface area contributed by atoms with E-state index in [0.29, 0.717) is 11.3 Å². The van der Waals surface area contributed by atoms with Crippen LogP contribution in [0.5, 0.6) is 0 Å². The molecule has 0 spiro atoms. The number of carbonyl (C=O) groups is 1. The summed E-state index contributed by atoms with van der Waals surface area (Å²) in [5.41, 5.74) is -0.333. The average Bonchev–Trinajstić information content (AvgIpc) is 3.26. The molecule has 2 heterocycles. The van der Waals surface area contributed by atoms with Gasteiger partial charge in [0.05, 0.1) is 0 Å². The highest BCUT2D eigenvalue weighted by Crippen LogP contribution is 2.40. The first-order chi connectivity index (χ1) is 12.7. The number of hydrogen-bond donors (Lipinski definition) is 2. The van der Waals surface area contributed by atoms with E-state index >= 15 is 0 Å². The Morgan fingerprint density at radius 1 is 0.923 bits per heavy atom. The van der Waals surface area contributed by atoms with Gasteiger partial charge in [-0.1, -0.05) is 48.5 Å². The molecule has 0 radical (unpaired) electrons. The van der Waals surface area contributed by atoms with E-state index < -0.39 is 11.5 Å². The fraction of sp³-hybridized carbons (Fsp3) is 0.0500. The molecule has 6 nitrogen and oxygen atoms in total. The maximum Gasteiger partial charge on any atom is 0.271 e. The fourth-order valence-corrected chi connectivity index (χ4v) is 3.26. The van der Waals surface area contributed by atoms with Crippen LogP contribution < -0.4 is 5.32 Å². The summed E-state index contributed by atoms with van der Waals surface area (Å²) in [6.07, 6.45) is 0. The maximum absolute atomic E-state index is 12.4. The van der Waals surface area contributed by atoms with Crippen molar-refractivity contribution in [3.8, 4) is 11.5 Å². The van der Waals surface area contributed by atoms with Crippen LogP contribution in [-0.2, 0) is 10.4 Å². The van der Waals surface area contributed by atoms with Crippen LogP contribution in [0.3, 0.4) is 0 Å². The van der Waals surface area contributed by atoms with Crippen LogP contribution in [0.2, 0.25) is 0 Å². The largest absolute Gasteiger partial charge is 0.417 e. The average molecular weight is 343 g/mol. The van der Waals surface area contributed by atoms with Crippen LogP contribution in [0, 0.1) is 0 Å². The minimum absolute atomic E-state index is 0.150. The van der Waals surface area contributed by atoms with Gasteiger partial charge in [0, 0.05) is 16.8 Å². The molecule has 2 N–H and O–H groups in total. The van der Waals surface area contributed by atoms with Crippen LogP contribution >= 0.6 is 0 Å². The highest BCUT2D eigenvalue weighted by atomic mass is 16.4. The molecule has 1 aromatic heterocycles. The lowest BCUT2D eigenvalue weighted by atomic mass is 9.95. The van der Waals surface area contributed by atoms with Crippen LogP contribution in [-0.4, -0.2) is 21.2 Å². The number of nitrogens with zero attached hydrogens (tertiary/aromatic N) is 2. The van der Waals surface area contributed by atoms with Gasteiger partial charge >= 0.3 is 0 Å². The van der Waals surface area contributed by atoms with Crippen molar-refractivity contribution in [3.05, 3.63) is 78.2 Å². The Morgan fingerprint density at radius 2 is 1.69 bits per heavy atom. The van der Waals surface area contributed by atoms with Crippen molar-refractivity contribution in [1.82, 2.24) is 10.2 Å². The number of anilines is 1. The van der Waals surface area contributed by atoms with E-state index in [1.165, 1.54) is 0 Å². The monoisotopic (exact) mass is 343 g/mol. The molecular formula is C20H13N3O3. The Kier molecular flexibility index (Phi) is 2.98. The Bertz CT molecular complexity index is 1170. The molecular weight excluding hydrogens is 330 g/mol.